The van der Waals surface area contributed by atoms with E-state index in [1.165, 1.54) is 18.6 Å². The van der Waals surface area contributed by atoms with Crippen molar-refractivity contribution in [2.45, 2.75) is 38.3 Å². The lowest BCUT2D eigenvalue weighted by molar-refractivity contribution is 0.0347. The molecule has 1 saturated heterocycles. The first-order chi connectivity index (χ1) is 9.76. The lowest BCUT2D eigenvalue weighted by atomic mass is 10.3. The summed E-state index contributed by atoms with van der Waals surface area (Å²) < 4.78 is 11.1. The van der Waals surface area contributed by atoms with Crippen molar-refractivity contribution >= 4 is 41.7 Å². The molecule has 0 spiro atoms. The molecule has 1 aliphatic rings. The molecule has 0 aromatic heterocycles. The van der Waals surface area contributed by atoms with E-state index >= 15 is 0 Å². The highest BCUT2D eigenvalue weighted by Gasteiger charge is 2.17. The van der Waals surface area contributed by atoms with Crippen molar-refractivity contribution in [3.8, 4) is 0 Å². The van der Waals surface area contributed by atoms with E-state index < -0.39 is 0 Å². The Hall–Kier alpha value is 0.270. The monoisotopic (exact) mass is 431 g/mol. The molecule has 0 radical (unpaired) electrons. The van der Waals surface area contributed by atoms with Crippen molar-refractivity contribution in [2.24, 2.45) is 4.99 Å². The summed E-state index contributed by atoms with van der Waals surface area (Å²) in [7, 11) is 1.80. The van der Waals surface area contributed by atoms with Crippen LogP contribution >= 0.6 is 35.7 Å². The summed E-state index contributed by atoms with van der Waals surface area (Å²) in [5, 5.41) is 6.69. The van der Waals surface area contributed by atoms with Crippen LogP contribution in [-0.4, -0.2) is 63.5 Å². The summed E-state index contributed by atoms with van der Waals surface area (Å²) in [6.45, 7) is 5.31. The zero-order valence-electron chi connectivity index (χ0n) is 13.4. The van der Waals surface area contributed by atoms with Crippen molar-refractivity contribution in [3.05, 3.63) is 0 Å². The van der Waals surface area contributed by atoms with Gasteiger partial charge in [-0.1, -0.05) is 0 Å². The lowest BCUT2D eigenvalue weighted by Crippen LogP contribution is -2.44. The Morgan fingerprint density at radius 2 is 2.29 bits per heavy atom. The van der Waals surface area contributed by atoms with Crippen LogP contribution < -0.4 is 10.6 Å². The number of guanidine groups is 1. The molecule has 0 aromatic carbocycles. The van der Waals surface area contributed by atoms with Crippen LogP contribution in [0.15, 0.2) is 4.99 Å². The van der Waals surface area contributed by atoms with E-state index in [4.69, 9.17) is 9.47 Å². The molecule has 21 heavy (non-hydrogen) atoms. The number of ether oxygens (including phenoxy) is 2. The lowest BCUT2D eigenvalue weighted by Gasteiger charge is -2.19. The van der Waals surface area contributed by atoms with E-state index in [9.17, 15) is 0 Å². The van der Waals surface area contributed by atoms with Crippen molar-refractivity contribution in [1.82, 2.24) is 10.6 Å². The molecule has 1 heterocycles. The van der Waals surface area contributed by atoms with Gasteiger partial charge in [0.2, 0.25) is 0 Å². The molecule has 2 unspecified atom stereocenters. The van der Waals surface area contributed by atoms with Crippen LogP contribution in [0.1, 0.15) is 26.2 Å². The van der Waals surface area contributed by atoms with Gasteiger partial charge in [0.25, 0.3) is 0 Å². The highest BCUT2D eigenvalue weighted by Crippen LogP contribution is 2.08. The Morgan fingerprint density at radius 1 is 1.48 bits per heavy atom. The molecule has 0 amide bonds. The van der Waals surface area contributed by atoms with Gasteiger partial charge in [-0.3, -0.25) is 4.99 Å². The zero-order chi connectivity index (χ0) is 14.6. The van der Waals surface area contributed by atoms with Gasteiger partial charge in [-0.15, -0.1) is 24.0 Å². The second-order valence-electron chi connectivity index (χ2n) is 5.06. The minimum absolute atomic E-state index is 0. The number of thioether (sulfide) groups is 1. The van der Waals surface area contributed by atoms with Gasteiger partial charge in [-0.25, -0.2) is 0 Å². The minimum Gasteiger partial charge on any atom is -0.379 e. The highest BCUT2D eigenvalue weighted by atomic mass is 127. The quantitative estimate of drug-likeness (QED) is 0.254. The van der Waals surface area contributed by atoms with Gasteiger partial charge in [0.1, 0.15) is 0 Å². The fraction of sp³-hybridized carbons (Fsp3) is 0.929. The van der Waals surface area contributed by atoms with Crippen LogP contribution in [0, 0.1) is 0 Å². The third-order valence-corrected chi connectivity index (χ3v) is 3.84. The van der Waals surface area contributed by atoms with Crippen molar-refractivity contribution in [1.29, 1.82) is 0 Å². The van der Waals surface area contributed by atoms with Crippen molar-refractivity contribution < 1.29 is 9.47 Å². The third kappa shape index (κ3) is 10.6. The van der Waals surface area contributed by atoms with Crippen LogP contribution in [0.25, 0.3) is 0 Å². The van der Waals surface area contributed by atoms with E-state index in [2.05, 4.69) is 28.8 Å². The second kappa shape index (κ2) is 13.9. The summed E-state index contributed by atoms with van der Waals surface area (Å²) >= 11 is 1.90. The molecule has 7 heteroatoms. The van der Waals surface area contributed by atoms with Gasteiger partial charge in [-0.05, 0) is 38.2 Å². The highest BCUT2D eigenvalue weighted by molar-refractivity contribution is 14.0. The molecule has 0 saturated carbocycles. The van der Waals surface area contributed by atoms with Gasteiger partial charge in [0, 0.05) is 26.2 Å². The molecule has 2 atom stereocenters. The Morgan fingerprint density at radius 3 is 2.90 bits per heavy atom. The topological polar surface area (TPSA) is 54.9 Å². The maximum atomic E-state index is 5.79. The largest absolute Gasteiger partial charge is 0.379 e. The molecule has 0 bridgehead atoms. The Bertz CT molecular complexity index is 277. The molecule has 0 aromatic rings. The van der Waals surface area contributed by atoms with Crippen LogP contribution in [0.2, 0.25) is 0 Å². The van der Waals surface area contributed by atoms with Gasteiger partial charge in [-0.2, -0.15) is 11.8 Å². The summed E-state index contributed by atoms with van der Waals surface area (Å²) in [5.41, 5.74) is 0. The first kappa shape index (κ1) is 21.3. The molecule has 5 nitrogen and oxygen atoms in total. The average Bonchev–Trinajstić information content (AvgIpc) is 2.97. The maximum absolute atomic E-state index is 5.79. The third-order valence-electron chi connectivity index (χ3n) is 3.14. The Kier molecular flexibility index (Phi) is 14.1. The summed E-state index contributed by atoms with van der Waals surface area (Å²) in [5.74, 6) is 2.08. The molecular weight excluding hydrogens is 401 g/mol. The summed E-state index contributed by atoms with van der Waals surface area (Å²) in [6.07, 6.45) is 5.83. The number of nitrogens with zero attached hydrogens (tertiary/aromatic N) is 1. The van der Waals surface area contributed by atoms with E-state index in [0.717, 1.165) is 32.1 Å². The fourth-order valence-corrected chi connectivity index (χ4v) is 2.47. The molecular formula is C14H30IN3O2S. The van der Waals surface area contributed by atoms with Gasteiger partial charge in [0.15, 0.2) is 5.96 Å². The molecule has 1 aliphatic heterocycles. The second-order valence-corrected chi connectivity index (χ2v) is 6.05. The Balaban J connectivity index is 0.00000400. The van der Waals surface area contributed by atoms with Gasteiger partial charge >= 0.3 is 0 Å². The summed E-state index contributed by atoms with van der Waals surface area (Å²) in [6, 6.07) is 0.244. The number of aliphatic imine (C=N–C) groups is 1. The van der Waals surface area contributed by atoms with Crippen molar-refractivity contribution in [2.75, 3.05) is 45.4 Å². The first-order valence-electron chi connectivity index (χ1n) is 7.41. The smallest absolute Gasteiger partial charge is 0.191 e. The molecule has 2 N–H and O–H groups in total. The minimum atomic E-state index is 0. The summed E-state index contributed by atoms with van der Waals surface area (Å²) in [4.78, 5) is 4.23. The number of hydrogen-bond donors (Lipinski definition) is 2. The first-order valence-corrected chi connectivity index (χ1v) is 8.81. The SMILES string of the molecule is CN=C(NCCCCSC)NC(C)COC1CCOC1.I. The molecule has 1 fully saturated rings. The van der Waals surface area contributed by atoms with Crippen LogP contribution in [-0.2, 0) is 9.47 Å². The molecule has 0 aliphatic carbocycles. The van der Waals surface area contributed by atoms with E-state index in [0.29, 0.717) is 6.61 Å². The number of hydrogen-bond acceptors (Lipinski definition) is 4. The zero-order valence-corrected chi connectivity index (χ0v) is 16.5. The number of rotatable bonds is 9. The normalized spacial score (nSPS) is 20.0. The number of nitrogens with one attached hydrogen (secondary N) is 2. The standard InChI is InChI=1S/C14H29N3O2S.HI/c1-12(10-19-13-6-8-18-11-13)17-14(15-2)16-7-4-5-9-20-3;/h12-13H,4-11H2,1-3H3,(H2,15,16,17);1H. The molecule has 1 rings (SSSR count). The molecule has 126 valence electrons. The van der Waals surface area contributed by atoms with Gasteiger partial charge < -0.3 is 20.1 Å². The number of unbranched alkanes of at least 4 members (excludes halogenated alkanes) is 1. The number of halogens is 1. The average molecular weight is 431 g/mol. The maximum Gasteiger partial charge on any atom is 0.191 e. The van der Waals surface area contributed by atoms with Crippen LogP contribution in [0.5, 0.6) is 0 Å². The van der Waals surface area contributed by atoms with E-state index in [1.807, 2.05) is 11.8 Å². The fourth-order valence-electron chi connectivity index (χ4n) is 1.97. The van der Waals surface area contributed by atoms with Crippen molar-refractivity contribution in [3.63, 3.8) is 0 Å². The van der Waals surface area contributed by atoms with Crippen LogP contribution in [0.3, 0.4) is 0 Å². The van der Waals surface area contributed by atoms with E-state index in [1.54, 1.807) is 7.05 Å². The predicted octanol–water partition coefficient (Wildman–Crippen LogP) is 2.11. The van der Waals surface area contributed by atoms with E-state index in [-0.39, 0.29) is 36.1 Å². The van der Waals surface area contributed by atoms with Crippen LogP contribution in [0.4, 0.5) is 0 Å². The van der Waals surface area contributed by atoms with Gasteiger partial charge in [0.05, 0.1) is 19.3 Å². The predicted molar refractivity (Wildman–Crippen MR) is 102 cm³/mol. The Labute approximate surface area is 150 Å².